The summed E-state index contributed by atoms with van der Waals surface area (Å²) in [7, 11) is 0. The SMILES string of the molecule is CCc1cnc(C(C)NCc2cccc(C3CC3)c2)s1. The smallest absolute Gasteiger partial charge is 0.109 e. The van der Waals surface area contributed by atoms with Crippen LogP contribution in [0.3, 0.4) is 0 Å². The molecule has 20 heavy (non-hydrogen) atoms. The highest BCUT2D eigenvalue weighted by atomic mass is 32.1. The van der Waals surface area contributed by atoms with Crippen molar-refractivity contribution < 1.29 is 0 Å². The molecule has 0 spiro atoms. The molecule has 1 unspecified atom stereocenters. The van der Waals surface area contributed by atoms with Crippen LogP contribution in [-0.2, 0) is 13.0 Å². The molecule has 2 aromatic rings. The van der Waals surface area contributed by atoms with Gasteiger partial charge in [0.25, 0.3) is 0 Å². The molecule has 0 radical (unpaired) electrons. The van der Waals surface area contributed by atoms with Gasteiger partial charge in [-0.25, -0.2) is 4.98 Å². The Morgan fingerprint density at radius 2 is 2.25 bits per heavy atom. The third-order valence-electron chi connectivity index (χ3n) is 3.90. The van der Waals surface area contributed by atoms with Crippen molar-refractivity contribution in [1.29, 1.82) is 0 Å². The minimum Gasteiger partial charge on any atom is -0.304 e. The number of aryl methyl sites for hydroxylation is 1. The molecule has 2 nitrogen and oxygen atoms in total. The van der Waals surface area contributed by atoms with Gasteiger partial charge in [0.1, 0.15) is 5.01 Å². The highest BCUT2D eigenvalue weighted by molar-refractivity contribution is 7.11. The Morgan fingerprint density at radius 1 is 1.40 bits per heavy atom. The molecule has 0 aliphatic heterocycles. The summed E-state index contributed by atoms with van der Waals surface area (Å²) >= 11 is 1.82. The first-order valence-corrected chi connectivity index (χ1v) is 8.34. The molecule has 1 atom stereocenters. The number of nitrogens with zero attached hydrogens (tertiary/aromatic N) is 1. The number of nitrogens with one attached hydrogen (secondary N) is 1. The maximum Gasteiger partial charge on any atom is 0.109 e. The number of aromatic nitrogens is 1. The van der Waals surface area contributed by atoms with Gasteiger partial charge in [-0.05, 0) is 43.2 Å². The van der Waals surface area contributed by atoms with Crippen LogP contribution < -0.4 is 5.32 Å². The van der Waals surface area contributed by atoms with E-state index in [-0.39, 0.29) is 0 Å². The van der Waals surface area contributed by atoms with Crippen molar-refractivity contribution in [1.82, 2.24) is 10.3 Å². The zero-order valence-corrected chi connectivity index (χ0v) is 13.0. The molecule has 3 heteroatoms. The van der Waals surface area contributed by atoms with Gasteiger partial charge in [0, 0.05) is 17.6 Å². The monoisotopic (exact) mass is 286 g/mol. The van der Waals surface area contributed by atoms with Crippen molar-refractivity contribution in [3.63, 3.8) is 0 Å². The van der Waals surface area contributed by atoms with Crippen molar-refractivity contribution in [3.05, 3.63) is 51.5 Å². The van der Waals surface area contributed by atoms with Crippen molar-refractivity contribution in [2.24, 2.45) is 0 Å². The van der Waals surface area contributed by atoms with Crippen molar-refractivity contribution in [2.45, 2.75) is 51.6 Å². The van der Waals surface area contributed by atoms with Crippen LogP contribution >= 0.6 is 11.3 Å². The van der Waals surface area contributed by atoms with Crippen LogP contribution in [-0.4, -0.2) is 4.98 Å². The molecule has 0 bridgehead atoms. The quantitative estimate of drug-likeness (QED) is 0.849. The standard InChI is InChI=1S/C17H22N2S/c1-3-16-11-19-17(20-16)12(2)18-10-13-5-4-6-15(9-13)14-7-8-14/h4-6,9,11-12,14,18H,3,7-8,10H2,1-2H3. The van der Waals surface area contributed by atoms with Gasteiger partial charge in [0.2, 0.25) is 0 Å². The average molecular weight is 286 g/mol. The molecule has 1 N–H and O–H groups in total. The highest BCUT2D eigenvalue weighted by Crippen LogP contribution is 2.40. The van der Waals surface area contributed by atoms with E-state index in [2.05, 4.69) is 48.4 Å². The molecule has 1 saturated carbocycles. The molecule has 0 saturated heterocycles. The Labute approximate surface area is 125 Å². The fourth-order valence-electron chi connectivity index (χ4n) is 2.42. The van der Waals surface area contributed by atoms with E-state index in [1.54, 1.807) is 0 Å². The molecule has 0 amide bonds. The van der Waals surface area contributed by atoms with Gasteiger partial charge in [-0.1, -0.05) is 31.2 Å². The second kappa shape index (κ2) is 6.06. The molecule has 1 aliphatic rings. The second-order valence-electron chi connectivity index (χ2n) is 5.64. The van der Waals surface area contributed by atoms with E-state index in [9.17, 15) is 0 Å². The Hall–Kier alpha value is -1.19. The lowest BCUT2D eigenvalue weighted by Crippen LogP contribution is -2.17. The number of hydrogen-bond acceptors (Lipinski definition) is 3. The van der Waals surface area contributed by atoms with E-state index in [1.165, 1.54) is 33.9 Å². The Balaban J connectivity index is 1.59. The summed E-state index contributed by atoms with van der Waals surface area (Å²) in [5.41, 5.74) is 2.90. The lowest BCUT2D eigenvalue weighted by molar-refractivity contribution is 0.571. The lowest BCUT2D eigenvalue weighted by atomic mass is 10.1. The van der Waals surface area contributed by atoms with Crippen LogP contribution in [0.4, 0.5) is 0 Å². The largest absolute Gasteiger partial charge is 0.304 e. The predicted molar refractivity (Wildman–Crippen MR) is 85.2 cm³/mol. The Morgan fingerprint density at radius 3 is 2.95 bits per heavy atom. The Kier molecular flexibility index (Phi) is 4.18. The summed E-state index contributed by atoms with van der Waals surface area (Å²) < 4.78 is 0. The van der Waals surface area contributed by atoms with Crippen LogP contribution in [0.15, 0.2) is 30.5 Å². The van der Waals surface area contributed by atoms with E-state index in [0.29, 0.717) is 6.04 Å². The second-order valence-corrected chi connectivity index (χ2v) is 6.79. The van der Waals surface area contributed by atoms with Crippen molar-refractivity contribution in [2.75, 3.05) is 0 Å². The predicted octanol–water partition coefficient (Wildman–Crippen LogP) is 4.43. The van der Waals surface area contributed by atoms with Crippen molar-refractivity contribution in [3.8, 4) is 0 Å². The number of hydrogen-bond donors (Lipinski definition) is 1. The molecule has 1 aromatic heterocycles. The summed E-state index contributed by atoms with van der Waals surface area (Å²) in [6.07, 6.45) is 5.82. The van der Waals surface area contributed by atoms with E-state index < -0.39 is 0 Å². The summed E-state index contributed by atoms with van der Waals surface area (Å²) in [6.45, 7) is 5.30. The van der Waals surface area contributed by atoms with Crippen LogP contribution in [0.5, 0.6) is 0 Å². The van der Waals surface area contributed by atoms with E-state index >= 15 is 0 Å². The normalized spacial score (nSPS) is 16.3. The third kappa shape index (κ3) is 3.28. The summed E-state index contributed by atoms with van der Waals surface area (Å²) in [5, 5.41) is 4.78. The molecule has 1 aliphatic carbocycles. The van der Waals surface area contributed by atoms with Gasteiger partial charge in [0.15, 0.2) is 0 Å². The molecule has 106 valence electrons. The van der Waals surface area contributed by atoms with Gasteiger partial charge in [0.05, 0.1) is 6.04 Å². The van der Waals surface area contributed by atoms with E-state index in [1.807, 2.05) is 17.5 Å². The van der Waals surface area contributed by atoms with Gasteiger partial charge >= 0.3 is 0 Å². The number of rotatable bonds is 6. The highest BCUT2D eigenvalue weighted by Gasteiger charge is 2.23. The summed E-state index contributed by atoms with van der Waals surface area (Å²) in [5.74, 6) is 0.832. The van der Waals surface area contributed by atoms with Gasteiger partial charge in [-0.2, -0.15) is 0 Å². The number of benzene rings is 1. The van der Waals surface area contributed by atoms with Crippen LogP contribution in [0.2, 0.25) is 0 Å². The van der Waals surface area contributed by atoms with Crippen LogP contribution in [0.25, 0.3) is 0 Å². The van der Waals surface area contributed by atoms with Crippen molar-refractivity contribution >= 4 is 11.3 Å². The zero-order chi connectivity index (χ0) is 13.9. The van der Waals surface area contributed by atoms with Crippen LogP contribution in [0, 0.1) is 0 Å². The molecule has 3 rings (SSSR count). The Bertz CT molecular complexity index is 572. The van der Waals surface area contributed by atoms with Gasteiger partial charge < -0.3 is 5.32 Å². The molecular formula is C17H22N2S. The fourth-order valence-corrected chi connectivity index (χ4v) is 3.30. The maximum absolute atomic E-state index is 4.51. The fraction of sp³-hybridized carbons (Fsp3) is 0.471. The number of thiazole rings is 1. The third-order valence-corrected chi connectivity index (χ3v) is 5.23. The van der Waals surface area contributed by atoms with E-state index in [4.69, 9.17) is 0 Å². The summed E-state index contributed by atoms with van der Waals surface area (Å²) in [4.78, 5) is 5.88. The zero-order valence-electron chi connectivity index (χ0n) is 12.2. The first-order valence-electron chi connectivity index (χ1n) is 7.53. The lowest BCUT2D eigenvalue weighted by Gasteiger charge is -2.12. The molecule has 1 fully saturated rings. The minimum absolute atomic E-state index is 0.324. The average Bonchev–Trinajstić information content (AvgIpc) is 3.22. The molecular weight excluding hydrogens is 264 g/mol. The van der Waals surface area contributed by atoms with Gasteiger partial charge in [-0.15, -0.1) is 11.3 Å². The van der Waals surface area contributed by atoms with E-state index in [0.717, 1.165) is 18.9 Å². The molecule has 1 aromatic carbocycles. The summed E-state index contributed by atoms with van der Waals surface area (Å²) in [6, 6.07) is 9.35. The minimum atomic E-state index is 0.324. The first kappa shape index (κ1) is 13.8. The van der Waals surface area contributed by atoms with Gasteiger partial charge in [-0.3, -0.25) is 0 Å². The topological polar surface area (TPSA) is 24.9 Å². The maximum atomic E-state index is 4.51. The van der Waals surface area contributed by atoms with Crippen LogP contribution in [0.1, 0.15) is 59.7 Å². The molecule has 1 heterocycles. The first-order chi connectivity index (χ1) is 9.76.